The van der Waals surface area contributed by atoms with Crippen molar-refractivity contribution in [2.75, 3.05) is 13.1 Å². The average molecular weight is 521 g/mol. The SMILES string of the molecule is CC(C)(C)Cn1c(CN2CCC3(CC2)CC(=O)N(Cc2ccc(F)cc2F)C3=O)cc2cnc(C#N)nc21. The summed E-state index contributed by atoms with van der Waals surface area (Å²) in [5.74, 6) is -1.92. The van der Waals surface area contributed by atoms with E-state index < -0.39 is 17.0 Å². The summed E-state index contributed by atoms with van der Waals surface area (Å²) in [6.45, 7) is 8.86. The number of carbonyl (C=O) groups excluding carboxylic acids is 2. The molecule has 0 unspecified atom stereocenters. The third-order valence-electron chi connectivity index (χ3n) is 7.48. The number of hydrogen-bond donors (Lipinski definition) is 0. The molecule has 198 valence electrons. The Bertz CT molecular complexity index is 1460. The van der Waals surface area contributed by atoms with E-state index in [-0.39, 0.29) is 41.6 Å². The van der Waals surface area contributed by atoms with E-state index >= 15 is 0 Å². The van der Waals surface area contributed by atoms with Crippen molar-refractivity contribution in [3.8, 4) is 6.07 Å². The molecular weight excluding hydrogens is 490 g/mol. The quantitative estimate of drug-likeness (QED) is 0.469. The van der Waals surface area contributed by atoms with E-state index in [1.165, 1.54) is 6.07 Å². The van der Waals surface area contributed by atoms with E-state index in [2.05, 4.69) is 46.3 Å². The minimum atomic E-state index is -0.782. The van der Waals surface area contributed by atoms with Crippen molar-refractivity contribution < 1.29 is 18.4 Å². The lowest BCUT2D eigenvalue weighted by Crippen LogP contribution is -2.44. The summed E-state index contributed by atoms with van der Waals surface area (Å²) in [5, 5.41) is 10.1. The largest absolute Gasteiger partial charge is 0.328 e. The molecule has 0 bridgehead atoms. The van der Waals surface area contributed by atoms with Crippen LogP contribution in [0.15, 0.2) is 30.5 Å². The lowest BCUT2D eigenvalue weighted by molar-refractivity contribution is -0.143. The summed E-state index contributed by atoms with van der Waals surface area (Å²) in [6.07, 6.45) is 2.84. The van der Waals surface area contributed by atoms with Gasteiger partial charge in [-0.1, -0.05) is 26.8 Å². The van der Waals surface area contributed by atoms with Gasteiger partial charge in [-0.15, -0.1) is 0 Å². The zero-order valence-electron chi connectivity index (χ0n) is 21.8. The smallest absolute Gasteiger partial charge is 0.236 e. The van der Waals surface area contributed by atoms with Crippen LogP contribution in [0.3, 0.4) is 0 Å². The maximum Gasteiger partial charge on any atom is 0.236 e. The number of halogens is 2. The molecule has 2 saturated heterocycles. The van der Waals surface area contributed by atoms with Crippen LogP contribution in [0.5, 0.6) is 0 Å². The number of piperidine rings is 1. The number of likely N-dealkylation sites (tertiary alicyclic amines) is 2. The molecule has 0 atom stereocenters. The summed E-state index contributed by atoms with van der Waals surface area (Å²) in [4.78, 5) is 38.1. The first-order valence-corrected chi connectivity index (χ1v) is 12.7. The molecule has 8 nitrogen and oxygen atoms in total. The van der Waals surface area contributed by atoms with Gasteiger partial charge in [-0.2, -0.15) is 5.26 Å². The number of aromatic nitrogens is 3. The van der Waals surface area contributed by atoms with E-state index in [0.717, 1.165) is 33.8 Å². The van der Waals surface area contributed by atoms with E-state index in [4.69, 9.17) is 0 Å². The van der Waals surface area contributed by atoms with Gasteiger partial charge in [0.1, 0.15) is 23.4 Å². The van der Waals surface area contributed by atoms with Crippen molar-refractivity contribution in [2.24, 2.45) is 10.8 Å². The Morgan fingerprint density at radius 1 is 1.11 bits per heavy atom. The molecule has 1 spiro atoms. The molecule has 2 amide bonds. The van der Waals surface area contributed by atoms with E-state index in [1.54, 1.807) is 6.20 Å². The van der Waals surface area contributed by atoms with Crippen LogP contribution in [0.2, 0.25) is 0 Å². The molecule has 0 N–H and O–H groups in total. The Morgan fingerprint density at radius 3 is 2.50 bits per heavy atom. The Morgan fingerprint density at radius 2 is 1.84 bits per heavy atom. The second-order valence-electron chi connectivity index (χ2n) is 11.6. The first-order valence-electron chi connectivity index (χ1n) is 12.7. The van der Waals surface area contributed by atoms with Crippen LogP contribution in [0, 0.1) is 33.8 Å². The summed E-state index contributed by atoms with van der Waals surface area (Å²) in [5.41, 5.74) is 1.11. The van der Waals surface area contributed by atoms with Gasteiger partial charge in [0.15, 0.2) is 0 Å². The summed E-state index contributed by atoms with van der Waals surface area (Å²) >= 11 is 0. The monoisotopic (exact) mass is 520 g/mol. The van der Waals surface area contributed by atoms with Crippen LogP contribution in [0.4, 0.5) is 8.78 Å². The van der Waals surface area contributed by atoms with Gasteiger partial charge in [0.05, 0.1) is 12.0 Å². The molecule has 3 aromatic rings. The van der Waals surface area contributed by atoms with Gasteiger partial charge in [0.25, 0.3) is 0 Å². The first-order chi connectivity index (χ1) is 18.0. The number of amides is 2. The highest BCUT2D eigenvalue weighted by Gasteiger charge is 2.52. The number of nitriles is 1. The molecule has 5 rings (SSSR count). The van der Waals surface area contributed by atoms with Crippen molar-refractivity contribution in [3.63, 3.8) is 0 Å². The highest BCUT2D eigenvalue weighted by Crippen LogP contribution is 2.43. The van der Waals surface area contributed by atoms with E-state index in [1.807, 2.05) is 6.07 Å². The normalized spacial score (nSPS) is 18.1. The lowest BCUT2D eigenvalue weighted by atomic mass is 9.77. The molecule has 2 aromatic heterocycles. The van der Waals surface area contributed by atoms with Crippen molar-refractivity contribution in [2.45, 2.75) is 59.7 Å². The molecular formula is C28H30F2N6O2. The molecule has 0 radical (unpaired) electrons. The number of rotatable bonds is 5. The lowest BCUT2D eigenvalue weighted by Gasteiger charge is -2.37. The molecule has 1 aromatic carbocycles. The van der Waals surface area contributed by atoms with Gasteiger partial charge in [0.2, 0.25) is 17.6 Å². The highest BCUT2D eigenvalue weighted by molar-refractivity contribution is 6.05. The number of benzene rings is 1. The molecule has 38 heavy (non-hydrogen) atoms. The third kappa shape index (κ3) is 4.90. The average Bonchev–Trinajstić information content (AvgIpc) is 3.29. The van der Waals surface area contributed by atoms with Crippen LogP contribution >= 0.6 is 0 Å². The van der Waals surface area contributed by atoms with Crippen LogP contribution < -0.4 is 0 Å². The summed E-state index contributed by atoms with van der Waals surface area (Å²) < 4.78 is 29.6. The summed E-state index contributed by atoms with van der Waals surface area (Å²) in [6, 6.07) is 7.23. The number of imide groups is 1. The van der Waals surface area contributed by atoms with Crippen molar-refractivity contribution >= 4 is 22.8 Å². The fourth-order valence-electron chi connectivity index (χ4n) is 5.53. The minimum absolute atomic E-state index is 0.0193. The van der Waals surface area contributed by atoms with Crippen molar-refractivity contribution in [3.05, 3.63) is 59.2 Å². The fourth-order valence-corrected chi connectivity index (χ4v) is 5.53. The van der Waals surface area contributed by atoms with Crippen molar-refractivity contribution in [1.29, 1.82) is 5.26 Å². The minimum Gasteiger partial charge on any atom is -0.328 e. The molecule has 2 aliphatic heterocycles. The maximum absolute atomic E-state index is 14.2. The Balaban J connectivity index is 1.31. The molecule has 0 saturated carbocycles. The van der Waals surface area contributed by atoms with Crippen LogP contribution in [0.25, 0.3) is 11.0 Å². The standard InChI is InChI=1S/C28H30F2N6O2/c1-27(2,3)17-36-21(10-19-14-32-23(13-31)33-25(19)36)16-34-8-6-28(7-9-34)12-24(37)35(26(28)38)15-18-4-5-20(29)11-22(18)30/h4-5,10-11,14H,6-9,12,15-17H2,1-3H3. The highest BCUT2D eigenvalue weighted by atomic mass is 19.1. The fraction of sp³-hybridized carbons (Fsp3) is 0.464. The number of carbonyl (C=O) groups is 2. The number of fused-ring (bicyclic) bond motifs is 1. The molecule has 10 heteroatoms. The zero-order valence-corrected chi connectivity index (χ0v) is 21.8. The topological polar surface area (TPSA) is 95.1 Å². The van der Waals surface area contributed by atoms with Gasteiger partial charge in [0, 0.05) is 48.4 Å². The predicted octanol–water partition coefficient (Wildman–Crippen LogP) is 4.17. The molecule has 2 fully saturated rings. The molecule has 0 aliphatic carbocycles. The van der Waals surface area contributed by atoms with Gasteiger partial charge < -0.3 is 4.57 Å². The summed E-state index contributed by atoms with van der Waals surface area (Å²) in [7, 11) is 0. The van der Waals surface area contributed by atoms with Gasteiger partial charge in [-0.25, -0.2) is 18.7 Å². The predicted molar refractivity (Wildman–Crippen MR) is 135 cm³/mol. The maximum atomic E-state index is 14.2. The second-order valence-corrected chi connectivity index (χ2v) is 11.6. The van der Waals surface area contributed by atoms with Gasteiger partial charge in [-0.3, -0.25) is 19.4 Å². The first kappa shape index (κ1) is 25.9. The third-order valence-corrected chi connectivity index (χ3v) is 7.48. The number of nitrogens with zero attached hydrogens (tertiary/aromatic N) is 6. The second kappa shape index (κ2) is 9.55. The van der Waals surface area contributed by atoms with E-state index in [0.29, 0.717) is 39.0 Å². The zero-order chi connectivity index (χ0) is 27.2. The van der Waals surface area contributed by atoms with Gasteiger partial charge >= 0.3 is 0 Å². The van der Waals surface area contributed by atoms with Crippen molar-refractivity contribution in [1.82, 2.24) is 24.3 Å². The Labute approximate surface area is 219 Å². The Kier molecular flexibility index (Phi) is 6.51. The van der Waals surface area contributed by atoms with Gasteiger partial charge in [-0.05, 0) is 43.5 Å². The van der Waals surface area contributed by atoms with Crippen LogP contribution in [0.1, 0.15) is 57.1 Å². The van der Waals surface area contributed by atoms with Crippen LogP contribution in [-0.2, 0) is 29.2 Å². The molecule has 4 heterocycles. The van der Waals surface area contributed by atoms with Crippen LogP contribution in [-0.4, -0.2) is 49.2 Å². The van der Waals surface area contributed by atoms with E-state index in [9.17, 15) is 23.6 Å². The Hall–Kier alpha value is -3.71. The number of hydrogen-bond acceptors (Lipinski definition) is 6. The molecule has 2 aliphatic rings.